The van der Waals surface area contributed by atoms with Gasteiger partial charge in [-0.25, -0.2) is 9.18 Å². The zero-order chi connectivity index (χ0) is 18.7. The molecule has 0 aliphatic heterocycles. The second-order valence-corrected chi connectivity index (χ2v) is 6.24. The van der Waals surface area contributed by atoms with E-state index in [0.717, 1.165) is 16.7 Å². The second kappa shape index (κ2) is 7.68. The zero-order valence-corrected chi connectivity index (χ0v) is 14.9. The summed E-state index contributed by atoms with van der Waals surface area (Å²) in [4.78, 5) is 23.8. The minimum absolute atomic E-state index is 0.0242. The first-order valence-electron chi connectivity index (χ1n) is 8.79. The normalized spacial score (nSPS) is 14.0. The van der Waals surface area contributed by atoms with Gasteiger partial charge in [0.2, 0.25) is 0 Å². The lowest BCUT2D eigenvalue weighted by atomic mass is 9.75. The molecule has 2 aromatic rings. The number of benzene rings is 2. The lowest BCUT2D eigenvalue weighted by molar-refractivity contribution is -0.124. The number of hydrogen-bond donors (Lipinski definition) is 0. The first kappa shape index (κ1) is 18.1. The number of Topliss-reactive ketones (excluding diaryl/α,β-unsaturated/α-hetero) is 1. The molecular formula is C21H21FO4. The first-order chi connectivity index (χ1) is 12.5. The van der Waals surface area contributed by atoms with Gasteiger partial charge in [-0.2, -0.15) is 0 Å². The van der Waals surface area contributed by atoms with Crippen LogP contribution in [0.15, 0.2) is 36.4 Å². The molecule has 0 atom stereocenters. The van der Waals surface area contributed by atoms with Crippen LogP contribution in [0.2, 0.25) is 0 Å². The largest absolute Gasteiger partial charge is 0.493 e. The molecule has 26 heavy (non-hydrogen) atoms. The monoisotopic (exact) mass is 356 g/mol. The smallest absolute Gasteiger partial charge is 0.338 e. The standard InChI is InChI=1S/C21H21FO4/c1-3-25-19-12-15(21(24)26-4-2)11-18(14-9-17(23)10-14)20(19)13-5-7-16(22)8-6-13/h5-8,11-12,14H,3-4,9-10H2,1-2H3. The predicted octanol–water partition coefficient (Wildman–Crippen LogP) is 4.51. The van der Waals surface area contributed by atoms with E-state index in [4.69, 9.17) is 9.47 Å². The molecule has 2 aromatic carbocycles. The van der Waals surface area contributed by atoms with Crippen molar-refractivity contribution < 1.29 is 23.5 Å². The van der Waals surface area contributed by atoms with Crippen molar-refractivity contribution in [1.82, 2.24) is 0 Å². The van der Waals surface area contributed by atoms with E-state index in [0.29, 0.717) is 30.8 Å². The molecule has 0 radical (unpaired) electrons. The highest BCUT2D eigenvalue weighted by molar-refractivity contribution is 5.94. The maximum absolute atomic E-state index is 13.4. The average molecular weight is 356 g/mol. The van der Waals surface area contributed by atoms with Crippen LogP contribution in [0.3, 0.4) is 0 Å². The quantitative estimate of drug-likeness (QED) is 0.715. The van der Waals surface area contributed by atoms with Gasteiger partial charge in [0.15, 0.2) is 0 Å². The molecule has 1 aliphatic rings. The Kier molecular flexibility index (Phi) is 5.35. The van der Waals surface area contributed by atoms with Crippen molar-refractivity contribution in [3.05, 3.63) is 53.3 Å². The van der Waals surface area contributed by atoms with Gasteiger partial charge in [-0.3, -0.25) is 4.79 Å². The average Bonchev–Trinajstić information content (AvgIpc) is 2.60. The van der Waals surface area contributed by atoms with Crippen LogP contribution in [0, 0.1) is 5.82 Å². The van der Waals surface area contributed by atoms with Crippen LogP contribution in [0.1, 0.15) is 48.5 Å². The Morgan fingerprint density at radius 2 is 1.81 bits per heavy atom. The van der Waals surface area contributed by atoms with Crippen LogP contribution >= 0.6 is 0 Å². The van der Waals surface area contributed by atoms with Crippen LogP contribution in [0.25, 0.3) is 11.1 Å². The van der Waals surface area contributed by atoms with Gasteiger partial charge in [-0.15, -0.1) is 0 Å². The van der Waals surface area contributed by atoms with Gasteiger partial charge in [0.05, 0.1) is 18.8 Å². The summed E-state index contributed by atoms with van der Waals surface area (Å²) in [5, 5.41) is 0. The summed E-state index contributed by atoms with van der Waals surface area (Å²) in [6.07, 6.45) is 0.873. The summed E-state index contributed by atoms with van der Waals surface area (Å²) in [7, 11) is 0. The van der Waals surface area contributed by atoms with E-state index < -0.39 is 5.97 Å². The molecule has 0 heterocycles. The molecule has 0 bridgehead atoms. The fraction of sp³-hybridized carbons (Fsp3) is 0.333. The molecule has 136 valence electrons. The van der Waals surface area contributed by atoms with Gasteiger partial charge < -0.3 is 9.47 Å². The van der Waals surface area contributed by atoms with E-state index in [1.54, 1.807) is 31.2 Å². The number of ketones is 1. The summed E-state index contributed by atoms with van der Waals surface area (Å²) in [5.74, 6) is 0.0101. The minimum Gasteiger partial charge on any atom is -0.493 e. The van der Waals surface area contributed by atoms with E-state index in [2.05, 4.69) is 0 Å². The molecular weight excluding hydrogens is 335 g/mol. The van der Waals surface area contributed by atoms with Crippen LogP contribution in [0.4, 0.5) is 4.39 Å². The van der Waals surface area contributed by atoms with E-state index >= 15 is 0 Å². The molecule has 0 N–H and O–H groups in total. The number of rotatable bonds is 6. The van der Waals surface area contributed by atoms with Gasteiger partial charge in [0.25, 0.3) is 0 Å². The molecule has 0 unspecified atom stereocenters. The van der Waals surface area contributed by atoms with Crippen molar-refractivity contribution >= 4 is 11.8 Å². The Morgan fingerprint density at radius 3 is 2.38 bits per heavy atom. The minimum atomic E-state index is -0.425. The number of carbonyl (C=O) groups is 2. The Morgan fingerprint density at radius 1 is 1.12 bits per heavy atom. The number of carbonyl (C=O) groups excluding carboxylic acids is 2. The molecule has 0 spiro atoms. The number of esters is 1. The molecule has 1 aliphatic carbocycles. The van der Waals surface area contributed by atoms with Crippen molar-refractivity contribution in [3.63, 3.8) is 0 Å². The number of hydrogen-bond acceptors (Lipinski definition) is 4. The van der Waals surface area contributed by atoms with Crippen molar-refractivity contribution in [2.45, 2.75) is 32.6 Å². The second-order valence-electron chi connectivity index (χ2n) is 6.24. The third-order valence-corrected chi connectivity index (χ3v) is 4.46. The van der Waals surface area contributed by atoms with Crippen molar-refractivity contribution in [1.29, 1.82) is 0 Å². The zero-order valence-electron chi connectivity index (χ0n) is 14.9. The van der Waals surface area contributed by atoms with Gasteiger partial charge in [-0.1, -0.05) is 12.1 Å². The lowest BCUT2D eigenvalue weighted by Crippen LogP contribution is -2.22. The predicted molar refractivity (Wildman–Crippen MR) is 95.9 cm³/mol. The number of halogens is 1. The molecule has 4 nitrogen and oxygen atoms in total. The fourth-order valence-corrected chi connectivity index (χ4v) is 3.20. The molecule has 5 heteroatoms. The highest BCUT2D eigenvalue weighted by Gasteiger charge is 2.32. The molecule has 1 fully saturated rings. The maximum Gasteiger partial charge on any atom is 0.338 e. The van der Waals surface area contributed by atoms with Gasteiger partial charge in [0.1, 0.15) is 17.3 Å². The Balaban J connectivity index is 2.16. The van der Waals surface area contributed by atoms with Crippen molar-refractivity contribution in [2.75, 3.05) is 13.2 Å². The van der Waals surface area contributed by atoms with E-state index in [1.165, 1.54) is 12.1 Å². The highest BCUT2D eigenvalue weighted by Crippen LogP contribution is 2.44. The van der Waals surface area contributed by atoms with Gasteiger partial charge >= 0.3 is 5.97 Å². The summed E-state index contributed by atoms with van der Waals surface area (Å²) >= 11 is 0. The van der Waals surface area contributed by atoms with E-state index in [9.17, 15) is 14.0 Å². The molecule has 0 aromatic heterocycles. The summed E-state index contributed by atoms with van der Waals surface area (Å²) in [5.41, 5.74) is 2.86. The third kappa shape index (κ3) is 3.62. The first-order valence-corrected chi connectivity index (χ1v) is 8.79. The Bertz CT molecular complexity index is 819. The summed E-state index contributed by atoms with van der Waals surface area (Å²) in [6.45, 7) is 4.31. The van der Waals surface area contributed by atoms with Crippen LogP contribution in [0.5, 0.6) is 5.75 Å². The topological polar surface area (TPSA) is 52.6 Å². The van der Waals surface area contributed by atoms with Crippen LogP contribution in [-0.4, -0.2) is 25.0 Å². The maximum atomic E-state index is 13.4. The van der Waals surface area contributed by atoms with E-state index in [1.807, 2.05) is 6.92 Å². The van der Waals surface area contributed by atoms with Gasteiger partial charge in [-0.05, 0) is 55.2 Å². The number of ether oxygens (including phenoxy) is 2. The highest BCUT2D eigenvalue weighted by atomic mass is 19.1. The third-order valence-electron chi connectivity index (χ3n) is 4.46. The van der Waals surface area contributed by atoms with Crippen LogP contribution < -0.4 is 4.74 Å². The Hall–Kier alpha value is -2.69. The van der Waals surface area contributed by atoms with Crippen LogP contribution in [-0.2, 0) is 9.53 Å². The summed E-state index contributed by atoms with van der Waals surface area (Å²) < 4.78 is 24.3. The molecule has 0 saturated heterocycles. The van der Waals surface area contributed by atoms with Gasteiger partial charge in [0, 0.05) is 18.4 Å². The Labute approximate surface area is 151 Å². The molecule has 0 amide bonds. The SMILES string of the molecule is CCOC(=O)c1cc(OCC)c(-c2ccc(F)cc2)c(C2CC(=O)C2)c1. The van der Waals surface area contributed by atoms with Crippen molar-refractivity contribution in [3.8, 4) is 16.9 Å². The van der Waals surface area contributed by atoms with E-state index in [-0.39, 0.29) is 24.1 Å². The fourth-order valence-electron chi connectivity index (χ4n) is 3.20. The molecule has 3 rings (SSSR count). The summed E-state index contributed by atoms with van der Waals surface area (Å²) in [6, 6.07) is 9.57. The lowest BCUT2D eigenvalue weighted by Gasteiger charge is -2.28. The molecule has 1 saturated carbocycles. The van der Waals surface area contributed by atoms with Crippen molar-refractivity contribution in [2.24, 2.45) is 0 Å².